The van der Waals surface area contributed by atoms with E-state index in [1.54, 1.807) is 0 Å². The van der Waals surface area contributed by atoms with Gasteiger partial charge in [0.05, 0.1) is 6.61 Å². The molecule has 9 heteroatoms. The molecular formula is C12H14F2N6O. The quantitative estimate of drug-likeness (QED) is 0.553. The number of benzene rings is 1. The van der Waals surface area contributed by atoms with Crippen molar-refractivity contribution in [3.05, 3.63) is 29.8 Å². The van der Waals surface area contributed by atoms with Crippen molar-refractivity contribution >= 4 is 17.6 Å². The van der Waals surface area contributed by atoms with E-state index in [0.717, 1.165) is 18.6 Å². The first-order chi connectivity index (χ1) is 10.1. The lowest BCUT2D eigenvalue weighted by Gasteiger charge is -2.09. The molecular weight excluding hydrogens is 282 g/mol. The Morgan fingerprint density at radius 2 is 1.90 bits per heavy atom. The number of nitrogen functional groups attached to an aromatic ring is 1. The molecule has 2 aromatic rings. The van der Waals surface area contributed by atoms with Crippen LogP contribution < -0.4 is 21.3 Å². The second kappa shape index (κ2) is 6.75. The van der Waals surface area contributed by atoms with Gasteiger partial charge in [-0.05, 0) is 18.6 Å². The number of ether oxygens (including phenoxy) is 1. The van der Waals surface area contributed by atoms with Crippen molar-refractivity contribution in [2.24, 2.45) is 5.84 Å². The smallest absolute Gasteiger partial charge is 0.323 e. The van der Waals surface area contributed by atoms with Gasteiger partial charge in [-0.25, -0.2) is 14.6 Å². The van der Waals surface area contributed by atoms with Crippen molar-refractivity contribution in [3.8, 4) is 6.01 Å². The van der Waals surface area contributed by atoms with E-state index in [1.807, 2.05) is 6.92 Å². The highest BCUT2D eigenvalue weighted by atomic mass is 19.2. The molecule has 0 fully saturated rings. The zero-order chi connectivity index (χ0) is 15.2. The number of nitrogens with one attached hydrogen (secondary N) is 2. The first kappa shape index (κ1) is 14.9. The van der Waals surface area contributed by atoms with Gasteiger partial charge in [-0.3, -0.25) is 5.43 Å². The number of aromatic nitrogens is 3. The van der Waals surface area contributed by atoms with Crippen molar-refractivity contribution in [2.75, 3.05) is 17.3 Å². The van der Waals surface area contributed by atoms with Gasteiger partial charge >= 0.3 is 6.01 Å². The molecule has 0 aliphatic carbocycles. The summed E-state index contributed by atoms with van der Waals surface area (Å²) < 4.78 is 31.3. The van der Waals surface area contributed by atoms with Crippen LogP contribution in [0.3, 0.4) is 0 Å². The van der Waals surface area contributed by atoms with Gasteiger partial charge < -0.3 is 10.1 Å². The second-order valence-corrected chi connectivity index (χ2v) is 4.01. The minimum absolute atomic E-state index is 0.0740. The fourth-order valence-electron chi connectivity index (χ4n) is 1.44. The minimum Gasteiger partial charge on any atom is -0.463 e. The van der Waals surface area contributed by atoms with E-state index in [4.69, 9.17) is 10.6 Å². The van der Waals surface area contributed by atoms with Crippen LogP contribution in [0.2, 0.25) is 0 Å². The highest BCUT2D eigenvalue weighted by Gasteiger charge is 2.08. The highest BCUT2D eigenvalue weighted by molar-refractivity contribution is 5.54. The normalized spacial score (nSPS) is 10.3. The van der Waals surface area contributed by atoms with Crippen LogP contribution in [0, 0.1) is 11.6 Å². The van der Waals surface area contributed by atoms with Gasteiger partial charge in [-0.2, -0.15) is 15.0 Å². The summed E-state index contributed by atoms with van der Waals surface area (Å²) in [5.74, 6) is 3.52. The maximum absolute atomic E-state index is 13.1. The fraction of sp³-hybridized carbons (Fsp3) is 0.250. The van der Waals surface area contributed by atoms with E-state index in [9.17, 15) is 8.78 Å². The molecule has 0 spiro atoms. The van der Waals surface area contributed by atoms with Crippen LogP contribution in [-0.4, -0.2) is 21.6 Å². The van der Waals surface area contributed by atoms with Crippen molar-refractivity contribution < 1.29 is 13.5 Å². The monoisotopic (exact) mass is 296 g/mol. The maximum Gasteiger partial charge on any atom is 0.323 e. The lowest BCUT2D eigenvalue weighted by Crippen LogP contribution is -2.14. The number of hydrogen-bond acceptors (Lipinski definition) is 7. The van der Waals surface area contributed by atoms with Gasteiger partial charge in [-0.1, -0.05) is 6.92 Å². The molecule has 4 N–H and O–H groups in total. The summed E-state index contributed by atoms with van der Waals surface area (Å²) in [5, 5.41) is 2.72. The molecule has 0 saturated carbocycles. The Hall–Kier alpha value is -2.55. The van der Waals surface area contributed by atoms with E-state index < -0.39 is 11.6 Å². The highest BCUT2D eigenvalue weighted by Crippen LogP contribution is 2.18. The van der Waals surface area contributed by atoms with Gasteiger partial charge in [0.2, 0.25) is 11.9 Å². The first-order valence-corrected chi connectivity index (χ1v) is 6.20. The number of hydrazine groups is 1. The lowest BCUT2D eigenvalue weighted by atomic mass is 10.3. The molecule has 0 bridgehead atoms. The zero-order valence-corrected chi connectivity index (χ0v) is 11.2. The van der Waals surface area contributed by atoms with E-state index in [-0.39, 0.29) is 23.6 Å². The van der Waals surface area contributed by atoms with E-state index >= 15 is 0 Å². The van der Waals surface area contributed by atoms with Gasteiger partial charge in [-0.15, -0.1) is 0 Å². The molecule has 2 rings (SSSR count). The average molecular weight is 296 g/mol. The van der Waals surface area contributed by atoms with Crippen molar-refractivity contribution in [3.63, 3.8) is 0 Å². The van der Waals surface area contributed by atoms with Crippen LogP contribution in [0.15, 0.2) is 18.2 Å². The number of anilines is 3. The molecule has 0 radical (unpaired) electrons. The van der Waals surface area contributed by atoms with E-state index in [1.165, 1.54) is 6.07 Å². The first-order valence-electron chi connectivity index (χ1n) is 6.20. The summed E-state index contributed by atoms with van der Waals surface area (Å²) in [5.41, 5.74) is 2.56. The zero-order valence-electron chi connectivity index (χ0n) is 11.2. The standard InChI is InChI=1S/C12H14F2N6O/c1-2-5-21-12-18-10(17-11(19-12)20-15)16-7-3-4-8(13)9(14)6-7/h3-4,6H,2,5,15H2,1H3,(H2,16,17,18,19,20). The Balaban J connectivity index is 2.23. The summed E-state index contributed by atoms with van der Waals surface area (Å²) in [4.78, 5) is 11.8. The van der Waals surface area contributed by atoms with Crippen molar-refractivity contribution in [1.82, 2.24) is 15.0 Å². The summed E-state index contributed by atoms with van der Waals surface area (Å²) >= 11 is 0. The third-order valence-corrected chi connectivity index (χ3v) is 2.36. The summed E-state index contributed by atoms with van der Waals surface area (Å²) in [7, 11) is 0. The third kappa shape index (κ3) is 3.96. The van der Waals surface area contributed by atoms with Crippen molar-refractivity contribution in [1.29, 1.82) is 0 Å². The molecule has 0 saturated heterocycles. The molecule has 0 atom stereocenters. The summed E-state index contributed by atoms with van der Waals surface area (Å²) in [6, 6.07) is 3.41. The Bertz CT molecular complexity index is 625. The Morgan fingerprint density at radius 3 is 2.57 bits per heavy atom. The topological polar surface area (TPSA) is 98.0 Å². The average Bonchev–Trinajstić information content (AvgIpc) is 2.48. The largest absolute Gasteiger partial charge is 0.463 e. The van der Waals surface area contributed by atoms with Crippen LogP contribution in [0.5, 0.6) is 6.01 Å². The van der Waals surface area contributed by atoms with Gasteiger partial charge in [0, 0.05) is 11.8 Å². The molecule has 1 heterocycles. The van der Waals surface area contributed by atoms with Crippen molar-refractivity contribution in [2.45, 2.75) is 13.3 Å². The van der Waals surface area contributed by atoms with Gasteiger partial charge in [0.15, 0.2) is 11.6 Å². The Labute approximate surface area is 119 Å². The number of hydrogen-bond donors (Lipinski definition) is 3. The molecule has 112 valence electrons. The molecule has 1 aromatic carbocycles. The Morgan fingerprint density at radius 1 is 1.14 bits per heavy atom. The molecule has 0 amide bonds. The fourth-order valence-corrected chi connectivity index (χ4v) is 1.44. The van der Waals surface area contributed by atoms with E-state index in [0.29, 0.717) is 6.61 Å². The van der Waals surface area contributed by atoms with Crippen LogP contribution in [0.25, 0.3) is 0 Å². The Kier molecular flexibility index (Phi) is 4.77. The van der Waals surface area contributed by atoms with Gasteiger partial charge in [0.1, 0.15) is 0 Å². The van der Waals surface area contributed by atoms with Gasteiger partial charge in [0.25, 0.3) is 0 Å². The molecule has 1 aromatic heterocycles. The minimum atomic E-state index is -0.978. The molecule has 0 aliphatic heterocycles. The maximum atomic E-state index is 13.1. The SMILES string of the molecule is CCCOc1nc(NN)nc(Nc2ccc(F)c(F)c2)n1. The van der Waals surface area contributed by atoms with E-state index in [2.05, 4.69) is 25.7 Å². The molecule has 7 nitrogen and oxygen atoms in total. The van der Waals surface area contributed by atoms with Crippen LogP contribution in [0.4, 0.5) is 26.4 Å². The predicted molar refractivity (Wildman–Crippen MR) is 73.1 cm³/mol. The third-order valence-electron chi connectivity index (χ3n) is 2.36. The van der Waals surface area contributed by atoms with Crippen LogP contribution >= 0.6 is 0 Å². The summed E-state index contributed by atoms with van der Waals surface area (Å²) in [6.45, 7) is 2.36. The number of nitrogens with two attached hydrogens (primary N) is 1. The predicted octanol–water partition coefficient (Wildman–Crippen LogP) is 1.97. The number of nitrogens with zero attached hydrogens (tertiary/aromatic N) is 3. The molecule has 21 heavy (non-hydrogen) atoms. The molecule has 0 unspecified atom stereocenters. The van der Waals surface area contributed by atoms with Crippen LogP contribution in [-0.2, 0) is 0 Å². The number of rotatable bonds is 6. The molecule has 0 aliphatic rings. The van der Waals surface area contributed by atoms with Crippen LogP contribution in [0.1, 0.15) is 13.3 Å². The lowest BCUT2D eigenvalue weighted by molar-refractivity contribution is 0.292. The number of halogens is 2. The summed E-state index contributed by atoms with van der Waals surface area (Å²) in [6.07, 6.45) is 0.781. The second-order valence-electron chi connectivity index (χ2n) is 4.01.